The Labute approximate surface area is 202 Å². The Kier molecular flexibility index (Phi) is 6.19. The molecule has 180 valence electrons. The smallest absolute Gasteiger partial charge is 0.336 e. The summed E-state index contributed by atoms with van der Waals surface area (Å²) in [7, 11) is 0. The number of benzene rings is 2. The van der Waals surface area contributed by atoms with Gasteiger partial charge in [-0.25, -0.2) is 9.78 Å². The molecule has 2 aromatic carbocycles. The maximum atomic E-state index is 12.3. The van der Waals surface area contributed by atoms with Crippen molar-refractivity contribution in [3.05, 3.63) is 75.0 Å². The van der Waals surface area contributed by atoms with Crippen LogP contribution in [-0.2, 0) is 11.3 Å². The predicted molar refractivity (Wildman–Crippen MR) is 134 cm³/mol. The number of pyridine rings is 1. The summed E-state index contributed by atoms with van der Waals surface area (Å²) in [6, 6.07) is 12.5. The standard InChI is InChI=1S/C26H26N4O5/c1-2-28-15-18(25-20(16-28)24(26(31)32)19-5-3-4-6-21(19)27-25)13-17-7-8-22(23(14-17)30(33)34)29-9-11-35-12-10-29/h3-8,13-14H,2,9-12,15-16H2,1H3,(H,31,32)/b18-13+. The molecule has 0 saturated carbocycles. The zero-order valence-electron chi connectivity index (χ0n) is 19.4. The van der Waals surface area contributed by atoms with Gasteiger partial charge in [-0.2, -0.15) is 0 Å². The number of carboxylic acid groups (broad SMARTS) is 1. The summed E-state index contributed by atoms with van der Waals surface area (Å²) in [5.74, 6) is -0.984. The third kappa shape index (κ3) is 4.36. The van der Waals surface area contributed by atoms with Crippen LogP contribution in [0.1, 0.15) is 34.1 Å². The van der Waals surface area contributed by atoms with Crippen LogP contribution in [0.3, 0.4) is 0 Å². The van der Waals surface area contributed by atoms with Gasteiger partial charge in [0, 0.05) is 43.2 Å². The molecule has 0 spiro atoms. The predicted octanol–water partition coefficient (Wildman–Crippen LogP) is 4.05. The van der Waals surface area contributed by atoms with E-state index < -0.39 is 5.97 Å². The Bertz CT molecular complexity index is 1350. The quantitative estimate of drug-likeness (QED) is 0.436. The second kappa shape index (κ2) is 9.44. The first-order valence-corrected chi connectivity index (χ1v) is 11.7. The molecule has 0 aliphatic carbocycles. The van der Waals surface area contributed by atoms with Gasteiger partial charge >= 0.3 is 5.97 Å². The van der Waals surface area contributed by atoms with E-state index in [0.29, 0.717) is 72.8 Å². The fourth-order valence-electron chi connectivity index (χ4n) is 4.90. The first kappa shape index (κ1) is 22.9. The van der Waals surface area contributed by atoms with Gasteiger partial charge in [0.05, 0.1) is 34.9 Å². The van der Waals surface area contributed by atoms with Crippen molar-refractivity contribution in [1.29, 1.82) is 0 Å². The molecule has 35 heavy (non-hydrogen) atoms. The number of morpholine rings is 1. The van der Waals surface area contributed by atoms with E-state index in [1.807, 2.05) is 42.2 Å². The number of fused-ring (bicyclic) bond motifs is 2. The number of carboxylic acids is 1. The lowest BCUT2D eigenvalue weighted by molar-refractivity contribution is -0.384. The van der Waals surface area contributed by atoms with Crippen LogP contribution in [0.15, 0.2) is 42.5 Å². The van der Waals surface area contributed by atoms with Crippen molar-refractivity contribution in [2.45, 2.75) is 13.5 Å². The van der Waals surface area contributed by atoms with E-state index in [4.69, 9.17) is 9.72 Å². The molecule has 1 saturated heterocycles. The normalized spacial score (nSPS) is 17.5. The van der Waals surface area contributed by atoms with Crippen molar-refractivity contribution >= 4 is 39.9 Å². The van der Waals surface area contributed by atoms with Crippen LogP contribution in [0.5, 0.6) is 0 Å². The number of likely N-dealkylation sites (N-methyl/N-ethyl adjacent to an activating group) is 1. The van der Waals surface area contributed by atoms with E-state index in [1.165, 1.54) is 0 Å². The average Bonchev–Trinajstić information content (AvgIpc) is 2.87. The molecular formula is C26H26N4O5. The Morgan fingerprint density at radius 1 is 1.20 bits per heavy atom. The fraction of sp³-hybridized carbons (Fsp3) is 0.308. The molecule has 0 radical (unpaired) electrons. The summed E-state index contributed by atoms with van der Waals surface area (Å²) >= 11 is 0. The summed E-state index contributed by atoms with van der Waals surface area (Å²) < 4.78 is 5.38. The number of nitrogens with zero attached hydrogens (tertiary/aromatic N) is 4. The van der Waals surface area contributed by atoms with Gasteiger partial charge in [0.1, 0.15) is 5.69 Å². The average molecular weight is 475 g/mol. The van der Waals surface area contributed by atoms with E-state index in [-0.39, 0.29) is 16.2 Å². The second-order valence-corrected chi connectivity index (χ2v) is 8.71. The molecule has 0 bridgehead atoms. The number of para-hydroxylation sites is 1. The van der Waals surface area contributed by atoms with Crippen LogP contribution < -0.4 is 4.90 Å². The lowest BCUT2D eigenvalue weighted by Gasteiger charge is -2.31. The van der Waals surface area contributed by atoms with Gasteiger partial charge in [0.25, 0.3) is 5.69 Å². The molecule has 0 atom stereocenters. The highest BCUT2D eigenvalue weighted by molar-refractivity contribution is 6.06. The molecule has 3 aromatic rings. The molecule has 0 unspecified atom stereocenters. The SMILES string of the molecule is CCN1C/C(=C\c2ccc(N3CCOCC3)c([N+](=O)[O-])c2)c2nc3ccccc3c(C(=O)O)c2C1. The maximum absolute atomic E-state index is 12.3. The highest BCUT2D eigenvalue weighted by Crippen LogP contribution is 2.36. The molecular weight excluding hydrogens is 448 g/mol. The summed E-state index contributed by atoms with van der Waals surface area (Å²) in [4.78, 5) is 32.8. The van der Waals surface area contributed by atoms with Crippen LogP contribution in [-0.4, -0.2) is 65.3 Å². The minimum Gasteiger partial charge on any atom is -0.478 e. The van der Waals surface area contributed by atoms with E-state index in [1.54, 1.807) is 18.2 Å². The third-order valence-electron chi connectivity index (χ3n) is 6.62. The molecule has 9 nitrogen and oxygen atoms in total. The Hall–Kier alpha value is -3.82. The monoisotopic (exact) mass is 474 g/mol. The highest BCUT2D eigenvalue weighted by Gasteiger charge is 2.28. The van der Waals surface area contributed by atoms with Gasteiger partial charge in [-0.05, 0) is 35.9 Å². The second-order valence-electron chi connectivity index (χ2n) is 8.71. The summed E-state index contributed by atoms with van der Waals surface area (Å²) in [6.45, 7) is 6.12. The van der Waals surface area contributed by atoms with E-state index in [0.717, 1.165) is 12.1 Å². The Balaban J connectivity index is 1.64. The zero-order valence-corrected chi connectivity index (χ0v) is 19.4. The molecule has 2 aliphatic heterocycles. The molecule has 5 rings (SSSR count). The number of ether oxygens (including phenoxy) is 1. The van der Waals surface area contributed by atoms with Gasteiger partial charge in [0.15, 0.2) is 0 Å². The van der Waals surface area contributed by atoms with Crippen molar-refractivity contribution in [2.75, 3.05) is 44.3 Å². The minimum atomic E-state index is -0.984. The van der Waals surface area contributed by atoms with Crippen molar-refractivity contribution in [1.82, 2.24) is 9.88 Å². The van der Waals surface area contributed by atoms with Gasteiger partial charge in [-0.15, -0.1) is 0 Å². The van der Waals surface area contributed by atoms with Crippen LogP contribution in [0.4, 0.5) is 11.4 Å². The highest BCUT2D eigenvalue weighted by atomic mass is 16.6. The number of carbonyl (C=O) groups is 1. The van der Waals surface area contributed by atoms with Crippen molar-refractivity contribution < 1.29 is 19.6 Å². The lowest BCUT2D eigenvalue weighted by atomic mass is 9.92. The van der Waals surface area contributed by atoms with Crippen LogP contribution in [0, 0.1) is 10.1 Å². The molecule has 9 heteroatoms. The molecule has 1 fully saturated rings. The first-order chi connectivity index (χ1) is 17.0. The number of aromatic nitrogens is 1. The van der Waals surface area contributed by atoms with Crippen LogP contribution >= 0.6 is 0 Å². The van der Waals surface area contributed by atoms with E-state index in [9.17, 15) is 20.0 Å². The summed E-state index contributed by atoms with van der Waals surface area (Å²) in [5, 5.41) is 22.6. The van der Waals surface area contributed by atoms with Gasteiger partial charge in [0.2, 0.25) is 0 Å². The number of nitro benzene ring substituents is 1. The van der Waals surface area contributed by atoms with Gasteiger partial charge in [-0.3, -0.25) is 15.0 Å². The molecule has 2 aliphatic rings. The van der Waals surface area contributed by atoms with Gasteiger partial charge in [-0.1, -0.05) is 31.2 Å². The number of hydrogen-bond donors (Lipinski definition) is 1. The zero-order chi connectivity index (χ0) is 24.5. The maximum Gasteiger partial charge on any atom is 0.336 e. The molecule has 3 heterocycles. The summed E-state index contributed by atoms with van der Waals surface area (Å²) in [5.41, 5.74) is 4.35. The molecule has 1 N–H and O–H groups in total. The molecule has 1 aromatic heterocycles. The summed E-state index contributed by atoms with van der Waals surface area (Å²) in [6.07, 6.45) is 1.89. The third-order valence-corrected chi connectivity index (χ3v) is 6.62. The fourth-order valence-corrected chi connectivity index (χ4v) is 4.90. The number of rotatable bonds is 5. The number of aromatic carboxylic acids is 1. The van der Waals surface area contributed by atoms with Crippen molar-refractivity contribution in [3.8, 4) is 0 Å². The van der Waals surface area contributed by atoms with Gasteiger partial charge < -0.3 is 14.7 Å². The largest absolute Gasteiger partial charge is 0.478 e. The van der Waals surface area contributed by atoms with Crippen LogP contribution in [0.25, 0.3) is 22.6 Å². The number of nitro groups is 1. The topological polar surface area (TPSA) is 109 Å². The molecule has 0 amide bonds. The van der Waals surface area contributed by atoms with Crippen molar-refractivity contribution in [2.24, 2.45) is 0 Å². The minimum absolute atomic E-state index is 0.0438. The Morgan fingerprint density at radius 2 is 1.97 bits per heavy atom. The number of hydrogen-bond acceptors (Lipinski definition) is 7. The van der Waals surface area contributed by atoms with Crippen LogP contribution in [0.2, 0.25) is 0 Å². The number of anilines is 1. The first-order valence-electron chi connectivity index (χ1n) is 11.7. The Morgan fingerprint density at radius 3 is 2.69 bits per heavy atom. The van der Waals surface area contributed by atoms with E-state index >= 15 is 0 Å². The van der Waals surface area contributed by atoms with E-state index in [2.05, 4.69) is 4.90 Å². The van der Waals surface area contributed by atoms with Crippen molar-refractivity contribution in [3.63, 3.8) is 0 Å². The lowest BCUT2D eigenvalue weighted by Crippen LogP contribution is -2.36.